The average Bonchev–Trinajstić information content (AvgIpc) is 2.39. The molecule has 0 unspecified atom stereocenters. The fourth-order valence-corrected chi connectivity index (χ4v) is 3.20. The maximum Gasteiger partial charge on any atom is -0.0129 e. The molecular weight excluding hydrogens is 288 g/mol. The molecule has 0 heteroatoms. The molecule has 0 saturated heterocycles. The van der Waals surface area contributed by atoms with Gasteiger partial charge in [0.1, 0.15) is 0 Å². The molecule has 0 aliphatic carbocycles. The summed E-state index contributed by atoms with van der Waals surface area (Å²) in [6.45, 7) is 22.2. The lowest BCUT2D eigenvalue weighted by molar-refractivity contribution is 0.585. The number of aryl methyl sites for hydroxylation is 4. The smallest absolute Gasteiger partial charge is 0.0129 e. The fourth-order valence-electron chi connectivity index (χ4n) is 3.20. The molecule has 0 bridgehead atoms. The third kappa shape index (κ3) is 5.82. The van der Waals surface area contributed by atoms with Gasteiger partial charge in [0.05, 0.1) is 0 Å². The largest absolute Gasteiger partial charge is 0.0590 e. The van der Waals surface area contributed by atoms with Crippen LogP contribution in [0, 0.1) is 27.7 Å². The quantitative estimate of drug-likeness (QED) is 0.480. The van der Waals surface area contributed by atoms with Crippen LogP contribution in [0.25, 0.3) is 0 Å². The Morgan fingerprint density at radius 2 is 0.958 bits per heavy atom. The van der Waals surface area contributed by atoms with E-state index in [-0.39, 0.29) is 10.8 Å². The SMILES string of the molecule is Cc1ccc(C(C)(C)C)c(C)c1.Cc1ccc(C)c(C(C)(C)C)c1. The number of hydrogen-bond acceptors (Lipinski definition) is 0. The van der Waals surface area contributed by atoms with Crippen LogP contribution in [0.5, 0.6) is 0 Å². The van der Waals surface area contributed by atoms with Gasteiger partial charge in [0, 0.05) is 0 Å². The van der Waals surface area contributed by atoms with Crippen molar-refractivity contribution in [3.8, 4) is 0 Å². The van der Waals surface area contributed by atoms with E-state index in [1.54, 1.807) is 0 Å². The summed E-state index contributed by atoms with van der Waals surface area (Å²) >= 11 is 0. The number of hydrogen-bond donors (Lipinski definition) is 0. The second-order valence-corrected chi connectivity index (χ2v) is 9.14. The Morgan fingerprint density at radius 1 is 0.500 bits per heavy atom. The van der Waals surface area contributed by atoms with Crippen LogP contribution in [0.4, 0.5) is 0 Å². The van der Waals surface area contributed by atoms with Gasteiger partial charge in [0.25, 0.3) is 0 Å². The van der Waals surface area contributed by atoms with Crippen molar-refractivity contribution >= 4 is 0 Å². The van der Waals surface area contributed by atoms with Crippen molar-refractivity contribution in [3.63, 3.8) is 0 Å². The summed E-state index contributed by atoms with van der Waals surface area (Å²) in [5, 5.41) is 0. The molecule has 0 saturated carbocycles. The third-order valence-electron chi connectivity index (χ3n) is 4.39. The highest BCUT2D eigenvalue weighted by Crippen LogP contribution is 2.26. The van der Waals surface area contributed by atoms with Gasteiger partial charge in [-0.25, -0.2) is 0 Å². The first-order valence-corrected chi connectivity index (χ1v) is 8.98. The van der Waals surface area contributed by atoms with Crippen LogP contribution in [0.1, 0.15) is 74.9 Å². The molecule has 2 aromatic carbocycles. The van der Waals surface area contributed by atoms with Gasteiger partial charge in [0.15, 0.2) is 0 Å². The van der Waals surface area contributed by atoms with Crippen molar-refractivity contribution in [1.29, 1.82) is 0 Å². The third-order valence-corrected chi connectivity index (χ3v) is 4.39. The molecule has 2 rings (SSSR count). The van der Waals surface area contributed by atoms with Gasteiger partial charge < -0.3 is 0 Å². The summed E-state index contributed by atoms with van der Waals surface area (Å²) < 4.78 is 0. The van der Waals surface area contributed by atoms with Crippen molar-refractivity contribution in [2.45, 2.75) is 80.1 Å². The van der Waals surface area contributed by atoms with E-state index in [0.29, 0.717) is 0 Å². The Kier molecular flexibility index (Phi) is 6.45. The molecule has 0 radical (unpaired) electrons. The van der Waals surface area contributed by atoms with E-state index in [9.17, 15) is 0 Å². The van der Waals surface area contributed by atoms with Crippen molar-refractivity contribution in [1.82, 2.24) is 0 Å². The standard InChI is InChI=1S/2C12H18/c1-9-6-7-11(10(2)8-9)12(3,4)5;1-9-6-7-10(2)11(8-9)12(3,4)5/h2*6-8H,1-5H3. The molecular formula is C24H36. The summed E-state index contributed by atoms with van der Waals surface area (Å²) in [6.07, 6.45) is 0. The zero-order chi connectivity index (χ0) is 18.7. The highest BCUT2D eigenvalue weighted by atomic mass is 14.2. The van der Waals surface area contributed by atoms with Gasteiger partial charge in [-0.1, -0.05) is 89.1 Å². The van der Waals surface area contributed by atoms with E-state index < -0.39 is 0 Å². The summed E-state index contributed by atoms with van der Waals surface area (Å²) in [5.41, 5.74) is 8.96. The predicted molar refractivity (Wildman–Crippen MR) is 109 cm³/mol. The summed E-state index contributed by atoms with van der Waals surface area (Å²) in [7, 11) is 0. The first-order valence-electron chi connectivity index (χ1n) is 8.98. The van der Waals surface area contributed by atoms with Gasteiger partial charge in [0.2, 0.25) is 0 Å². The Morgan fingerprint density at radius 3 is 1.38 bits per heavy atom. The molecule has 24 heavy (non-hydrogen) atoms. The molecule has 0 N–H and O–H groups in total. The van der Waals surface area contributed by atoms with E-state index in [0.717, 1.165) is 0 Å². The van der Waals surface area contributed by atoms with Crippen LogP contribution >= 0.6 is 0 Å². The number of benzene rings is 2. The van der Waals surface area contributed by atoms with Gasteiger partial charge in [-0.05, 0) is 60.8 Å². The maximum atomic E-state index is 2.29. The molecule has 0 fully saturated rings. The van der Waals surface area contributed by atoms with Crippen LogP contribution in [-0.2, 0) is 10.8 Å². The lowest BCUT2D eigenvalue weighted by Gasteiger charge is -2.22. The van der Waals surface area contributed by atoms with Gasteiger partial charge in [-0.3, -0.25) is 0 Å². The molecule has 0 aromatic heterocycles. The maximum absolute atomic E-state index is 2.29. The average molecular weight is 325 g/mol. The van der Waals surface area contributed by atoms with E-state index >= 15 is 0 Å². The second kappa shape index (κ2) is 7.55. The van der Waals surface area contributed by atoms with Crippen LogP contribution in [-0.4, -0.2) is 0 Å². The van der Waals surface area contributed by atoms with Crippen LogP contribution in [0.15, 0.2) is 36.4 Å². The van der Waals surface area contributed by atoms with E-state index in [1.165, 1.54) is 33.4 Å². The lowest BCUT2D eigenvalue weighted by atomic mass is 9.83. The number of rotatable bonds is 0. The zero-order valence-electron chi connectivity index (χ0n) is 17.5. The zero-order valence-corrected chi connectivity index (χ0v) is 17.5. The Hall–Kier alpha value is -1.56. The molecule has 132 valence electrons. The van der Waals surface area contributed by atoms with Crippen LogP contribution in [0.3, 0.4) is 0 Å². The minimum atomic E-state index is 0.274. The van der Waals surface area contributed by atoms with Crippen molar-refractivity contribution < 1.29 is 0 Å². The Labute approximate surface area is 150 Å². The van der Waals surface area contributed by atoms with Crippen LogP contribution in [0.2, 0.25) is 0 Å². The fraction of sp³-hybridized carbons (Fsp3) is 0.500. The van der Waals surface area contributed by atoms with E-state index in [4.69, 9.17) is 0 Å². The normalized spacial score (nSPS) is 11.8. The molecule has 0 spiro atoms. The van der Waals surface area contributed by atoms with Gasteiger partial charge >= 0.3 is 0 Å². The highest BCUT2D eigenvalue weighted by molar-refractivity contribution is 5.35. The molecule has 0 nitrogen and oxygen atoms in total. The topological polar surface area (TPSA) is 0 Å². The van der Waals surface area contributed by atoms with Crippen molar-refractivity contribution in [2.24, 2.45) is 0 Å². The van der Waals surface area contributed by atoms with Crippen LogP contribution < -0.4 is 0 Å². The minimum absolute atomic E-state index is 0.274. The molecule has 2 aromatic rings. The van der Waals surface area contributed by atoms with Gasteiger partial charge in [-0.2, -0.15) is 0 Å². The summed E-state index contributed by atoms with van der Waals surface area (Å²) in [5.74, 6) is 0. The van der Waals surface area contributed by atoms with E-state index in [2.05, 4.69) is 106 Å². The molecule has 0 amide bonds. The highest BCUT2D eigenvalue weighted by Gasteiger charge is 2.16. The molecule has 0 aliphatic heterocycles. The minimum Gasteiger partial charge on any atom is -0.0590 e. The lowest BCUT2D eigenvalue weighted by Crippen LogP contribution is -2.13. The Balaban J connectivity index is 0.000000240. The first-order chi connectivity index (χ1) is 10.8. The van der Waals surface area contributed by atoms with E-state index in [1.807, 2.05) is 0 Å². The van der Waals surface area contributed by atoms with Gasteiger partial charge in [-0.15, -0.1) is 0 Å². The Bertz CT molecular complexity index is 676. The monoisotopic (exact) mass is 324 g/mol. The molecule has 0 heterocycles. The summed E-state index contributed by atoms with van der Waals surface area (Å²) in [4.78, 5) is 0. The van der Waals surface area contributed by atoms with Crippen molar-refractivity contribution in [3.05, 3.63) is 69.8 Å². The molecule has 0 atom stereocenters. The van der Waals surface area contributed by atoms with Crippen molar-refractivity contribution in [2.75, 3.05) is 0 Å². The molecule has 0 aliphatic rings. The first kappa shape index (κ1) is 20.5. The predicted octanol–water partition coefficient (Wildman–Crippen LogP) is 7.20. The summed E-state index contributed by atoms with van der Waals surface area (Å²) in [6, 6.07) is 13.3. The second-order valence-electron chi connectivity index (χ2n) is 9.14.